The summed E-state index contributed by atoms with van der Waals surface area (Å²) in [7, 11) is 0. The number of phenols is 1. The van der Waals surface area contributed by atoms with E-state index in [4.69, 9.17) is 4.74 Å². The molecule has 0 radical (unpaired) electrons. The van der Waals surface area contributed by atoms with Gasteiger partial charge in [-0.25, -0.2) is 0 Å². The topological polar surface area (TPSA) is 52.7 Å². The molecular formula is C54H71NO3. The number of benzene rings is 2. The molecule has 11 rings (SSSR count). The zero-order valence-corrected chi connectivity index (χ0v) is 36.2. The number of aromatic hydroxyl groups is 1. The van der Waals surface area contributed by atoms with Gasteiger partial charge in [-0.3, -0.25) is 4.90 Å². The Hall–Kier alpha value is -2.66. The maximum absolute atomic E-state index is 10.1. The normalized spacial score (nSPS) is 44.9. The first-order valence-electron chi connectivity index (χ1n) is 24.1. The predicted molar refractivity (Wildman–Crippen MR) is 237 cm³/mol. The van der Waals surface area contributed by atoms with Crippen molar-refractivity contribution >= 4 is 16.8 Å². The van der Waals surface area contributed by atoms with Crippen LogP contribution >= 0.6 is 0 Å². The summed E-state index contributed by atoms with van der Waals surface area (Å²) in [5.74, 6) is 4.25. The second kappa shape index (κ2) is 13.4. The van der Waals surface area contributed by atoms with Crippen molar-refractivity contribution < 1.29 is 14.9 Å². The standard InChI is InChI=1S/C54H71NO3/c1-5-45-38(13-14-41-30-42-31-44(57)16-15-40(42)32-46(41)45)11-8-28-58-29-20-43-12-6-22-50(43)33-37(3)53-26-17-36(2)48(53)34-54(50)49(53,4)21-9-23-52(54)25-19-47-39(10-7-27-56)18-24-51(47)35-55(51)52/h9,13-16,19,23,25,30-32,37-39,43,45,47,56-57H,5-8,10-12,17-18,20-22,24,26-29,33-35H2,1-4H3. The molecule has 7 aliphatic carbocycles. The second-order valence-electron chi connectivity index (χ2n) is 21.8. The molecule has 4 nitrogen and oxygen atoms in total. The second-order valence-corrected chi connectivity index (χ2v) is 21.8. The fraction of sp³-hybridized carbons (Fsp3) is 0.667. The third kappa shape index (κ3) is 4.70. The Morgan fingerprint density at radius 1 is 0.948 bits per heavy atom. The molecule has 310 valence electrons. The number of ether oxygens (including phenoxy) is 1. The molecule has 2 aromatic rings. The SMILES string of the molecule is CCC1c2cc3ccc(O)cc3cc2C=CC1CCCOCCC1CCCC12CC(C)C13CCC(C)=C1CC21C2(C=CCC31C)C=CC1C(CCCO)CCC13CN32. The van der Waals surface area contributed by atoms with Crippen LogP contribution in [0.2, 0.25) is 0 Å². The fourth-order valence-electron chi connectivity index (χ4n) is 18.2. The smallest absolute Gasteiger partial charge is 0.116 e. The molecule has 4 heteroatoms. The van der Waals surface area contributed by atoms with Crippen molar-refractivity contribution in [2.45, 2.75) is 147 Å². The van der Waals surface area contributed by atoms with Crippen LogP contribution in [0.4, 0.5) is 0 Å². The van der Waals surface area contributed by atoms with Gasteiger partial charge in [0.1, 0.15) is 5.75 Å². The average Bonchev–Trinajstić information content (AvgIpc) is 3.38. The van der Waals surface area contributed by atoms with Crippen molar-refractivity contribution in [2.24, 2.45) is 51.2 Å². The van der Waals surface area contributed by atoms with Gasteiger partial charge in [0.15, 0.2) is 0 Å². The number of aliphatic hydroxyl groups excluding tert-OH is 1. The predicted octanol–water partition coefficient (Wildman–Crippen LogP) is 12.3. The van der Waals surface area contributed by atoms with Crippen molar-refractivity contribution in [1.82, 2.24) is 4.90 Å². The average molecular weight is 782 g/mol. The van der Waals surface area contributed by atoms with E-state index in [1.807, 2.05) is 17.7 Å². The van der Waals surface area contributed by atoms with Crippen LogP contribution in [0.25, 0.3) is 16.8 Å². The molecule has 2 bridgehead atoms. The van der Waals surface area contributed by atoms with Gasteiger partial charge in [-0.2, -0.15) is 0 Å². The lowest BCUT2D eigenvalue weighted by Gasteiger charge is -2.74. The minimum atomic E-state index is 0.00654. The van der Waals surface area contributed by atoms with Crippen molar-refractivity contribution in [2.75, 3.05) is 26.4 Å². The monoisotopic (exact) mass is 782 g/mol. The summed E-state index contributed by atoms with van der Waals surface area (Å²) < 4.78 is 6.74. The summed E-state index contributed by atoms with van der Waals surface area (Å²) in [5.41, 5.74) is 7.95. The number of aliphatic hydroxyl groups is 1. The van der Waals surface area contributed by atoms with Gasteiger partial charge in [-0.15, -0.1) is 0 Å². The highest BCUT2D eigenvalue weighted by Crippen LogP contribution is 2.90. The van der Waals surface area contributed by atoms with Gasteiger partial charge in [0, 0.05) is 42.7 Å². The molecule has 58 heavy (non-hydrogen) atoms. The molecule has 0 aromatic heterocycles. The van der Waals surface area contributed by atoms with Gasteiger partial charge in [-0.05, 0) is 190 Å². The van der Waals surface area contributed by atoms with Gasteiger partial charge in [-0.1, -0.05) is 86.9 Å². The third-order valence-corrected chi connectivity index (χ3v) is 20.2. The van der Waals surface area contributed by atoms with Crippen molar-refractivity contribution in [1.29, 1.82) is 0 Å². The first-order chi connectivity index (χ1) is 28.1. The number of rotatable bonds is 11. The molecular weight excluding hydrogens is 711 g/mol. The van der Waals surface area contributed by atoms with Crippen LogP contribution in [0.3, 0.4) is 0 Å². The van der Waals surface area contributed by atoms with E-state index in [-0.39, 0.29) is 16.4 Å². The molecule has 4 saturated carbocycles. The number of allylic oxidation sites excluding steroid dienone is 4. The van der Waals surface area contributed by atoms with Gasteiger partial charge in [0.05, 0.1) is 5.54 Å². The van der Waals surface area contributed by atoms with E-state index in [9.17, 15) is 10.2 Å². The van der Waals surface area contributed by atoms with Gasteiger partial charge < -0.3 is 14.9 Å². The Kier molecular flexibility index (Phi) is 8.86. The molecule has 13 unspecified atom stereocenters. The van der Waals surface area contributed by atoms with Crippen molar-refractivity contribution in [3.05, 3.63) is 83.0 Å². The molecule has 2 aliphatic heterocycles. The van der Waals surface area contributed by atoms with E-state index in [1.165, 1.54) is 107 Å². The summed E-state index contributed by atoms with van der Waals surface area (Å²) in [5, 5.41) is 22.2. The number of hydrogen-bond acceptors (Lipinski definition) is 4. The zero-order valence-electron chi connectivity index (χ0n) is 36.2. The summed E-state index contributed by atoms with van der Waals surface area (Å²) in [4.78, 5) is 3.13. The lowest BCUT2D eigenvalue weighted by atomic mass is 9.31. The number of phenolic OH excluding ortho intramolecular Hbond substituents is 1. The van der Waals surface area contributed by atoms with E-state index in [1.54, 1.807) is 5.57 Å². The lowest BCUT2D eigenvalue weighted by molar-refractivity contribution is -0.231. The molecule has 4 spiro atoms. The van der Waals surface area contributed by atoms with Crippen LogP contribution in [0.5, 0.6) is 5.75 Å². The zero-order chi connectivity index (χ0) is 39.7. The van der Waals surface area contributed by atoms with Crippen LogP contribution in [-0.2, 0) is 4.74 Å². The maximum atomic E-state index is 10.1. The van der Waals surface area contributed by atoms with Crippen LogP contribution < -0.4 is 0 Å². The minimum absolute atomic E-state index is 0.00654. The molecule has 9 aliphatic rings. The molecule has 2 heterocycles. The molecule has 5 fully saturated rings. The van der Waals surface area contributed by atoms with Gasteiger partial charge in [0.2, 0.25) is 0 Å². The van der Waals surface area contributed by atoms with Gasteiger partial charge >= 0.3 is 0 Å². The van der Waals surface area contributed by atoms with E-state index >= 15 is 0 Å². The first-order valence-corrected chi connectivity index (χ1v) is 24.1. The Labute approximate surface area is 349 Å². The molecule has 2 aromatic carbocycles. The number of nitrogens with zero attached hydrogens (tertiary/aromatic N) is 1. The Balaban J connectivity index is 0.846. The highest BCUT2D eigenvalue weighted by molar-refractivity contribution is 5.88. The van der Waals surface area contributed by atoms with E-state index in [0.717, 1.165) is 55.6 Å². The van der Waals surface area contributed by atoms with Crippen molar-refractivity contribution in [3.63, 3.8) is 0 Å². The highest BCUT2D eigenvalue weighted by Gasteiger charge is 2.87. The maximum Gasteiger partial charge on any atom is 0.116 e. The Bertz CT molecular complexity index is 2110. The molecule has 1 saturated heterocycles. The fourth-order valence-corrected chi connectivity index (χ4v) is 18.2. The van der Waals surface area contributed by atoms with E-state index in [0.29, 0.717) is 46.5 Å². The Morgan fingerprint density at radius 2 is 1.84 bits per heavy atom. The van der Waals surface area contributed by atoms with Crippen LogP contribution in [0, 0.1) is 51.2 Å². The number of fused-ring (bicyclic) bond motifs is 3. The van der Waals surface area contributed by atoms with Crippen LogP contribution in [0.15, 0.2) is 71.9 Å². The minimum Gasteiger partial charge on any atom is -0.508 e. The highest BCUT2D eigenvalue weighted by atomic mass is 16.5. The number of hydrogen-bond donors (Lipinski definition) is 2. The first kappa shape index (κ1) is 38.3. The summed E-state index contributed by atoms with van der Waals surface area (Å²) in [6.45, 7) is 13.8. The van der Waals surface area contributed by atoms with E-state index < -0.39 is 0 Å². The Morgan fingerprint density at radius 3 is 2.71 bits per heavy atom. The van der Waals surface area contributed by atoms with Crippen LogP contribution in [-0.4, -0.2) is 52.6 Å². The lowest BCUT2D eigenvalue weighted by Crippen LogP contribution is -2.73. The van der Waals surface area contributed by atoms with Crippen LogP contribution in [0.1, 0.15) is 147 Å². The van der Waals surface area contributed by atoms with Gasteiger partial charge in [0.25, 0.3) is 0 Å². The molecule has 2 N–H and O–H groups in total. The van der Waals surface area contributed by atoms with Crippen molar-refractivity contribution in [3.8, 4) is 5.75 Å². The quantitative estimate of drug-likeness (QED) is 0.135. The molecule has 0 amide bonds. The largest absolute Gasteiger partial charge is 0.508 e. The summed E-state index contributed by atoms with van der Waals surface area (Å²) in [6.07, 6.45) is 36.2. The molecule has 13 atom stereocenters. The van der Waals surface area contributed by atoms with E-state index in [2.05, 4.69) is 87.3 Å². The summed E-state index contributed by atoms with van der Waals surface area (Å²) in [6, 6.07) is 10.4. The summed E-state index contributed by atoms with van der Waals surface area (Å²) >= 11 is 0. The third-order valence-electron chi connectivity index (χ3n) is 20.2.